The zero-order valence-electron chi connectivity index (χ0n) is 27.8. The molecular weight excluding hydrogens is 593 g/mol. The van der Waals surface area contributed by atoms with E-state index in [0.717, 1.165) is 9.21 Å². The number of carbonyl (C=O) groups is 1. The molecule has 0 aromatic heterocycles. The van der Waals surface area contributed by atoms with Gasteiger partial charge in [-0.25, -0.2) is 31.8 Å². The molecule has 1 aromatic rings. The van der Waals surface area contributed by atoms with Gasteiger partial charge in [-0.2, -0.15) is 0 Å². The average Bonchev–Trinajstić information content (AvgIpc) is 2.87. The van der Waals surface area contributed by atoms with Crippen LogP contribution in [0.5, 0.6) is 0 Å². The van der Waals surface area contributed by atoms with Gasteiger partial charge in [0.15, 0.2) is 8.32 Å². The fourth-order valence-corrected chi connectivity index (χ4v) is 6.91. The van der Waals surface area contributed by atoms with E-state index in [2.05, 4.69) is 33.9 Å². The first-order chi connectivity index (χ1) is 19.7. The van der Waals surface area contributed by atoms with Crippen LogP contribution in [0.1, 0.15) is 66.9 Å². The lowest BCUT2D eigenvalue weighted by Crippen LogP contribution is -2.57. The van der Waals surface area contributed by atoms with Crippen LogP contribution in [0.3, 0.4) is 0 Å². The molecule has 0 saturated heterocycles. The van der Waals surface area contributed by atoms with Crippen LogP contribution < -0.4 is 0 Å². The van der Waals surface area contributed by atoms with Crippen molar-refractivity contribution >= 4 is 30.4 Å². The van der Waals surface area contributed by atoms with E-state index < -0.39 is 47.1 Å². The van der Waals surface area contributed by atoms with Crippen molar-refractivity contribution in [3.05, 3.63) is 35.6 Å². The van der Waals surface area contributed by atoms with Gasteiger partial charge in [0.05, 0.1) is 19.0 Å². The molecule has 2 rings (SSSR count). The number of sulfonamides is 1. The van der Waals surface area contributed by atoms with Crippen LogP contribution in [0.15, 0.2) is 29.3 Å². The summed E-state index contributed by atoms with van der Waals surface area (Å²) in [6.07, 6.45) is -0.124. The molecule has 246 valence electrons. The Labute approximate surface area is 259 Å². The fourth-order valence-electron chi connectivity index (χ4n) is 4.23. The fraction of sp³-hybridized carbons (Fsp3) is 0.733. The molecule has 43 heavy (non-hydrogen) atoms. The van der Waals surface area contributed by atoms with Crippen molar-refractivity contribution < 1.29 is 36.2 Å². The van der Waals surface area contributed by atoms with Gasteiger partial charge in [-0.1, -0.05) is 45.9 Å². The Morgan fingerprint density at radius 3 is 2.35 bits per heavy atom. The number of rotatable bonds is 12. The summed E-state index contributed by atoms with van der Waals surface area (Å²) in [5, 5.41) is 0.0405. The maximum atomic E-state index is 15.5. The highest BCUT2D eigenvalue weighted by molar-refractivity contribution is 7.89. The number of amides is 1. The van der Waals surface area contributed by atoms with Gasteiger partial charge >= 0.3 is 6.09 Å². The second-order valence-corrected chi connectivity index (χ2v) is 20.6. The molecule has 0 bridgehead atoms. The van der Waals surface area contributed by atoms with Crippen molar-refractivity contribution in [1.29, 1.82) is 0 Å². The Balaban J connectivity index is 2.60. The molecule has 1 aliphatic heterocycles. The standard InChI is InChI=1S/C30H52FN3O7SSi/c1-23(20-40-43(10,11)29(5,6)7)16-17-30(24-14-12-13-15-25(24)31)21-42(36,37)33(8)26(32-30)34(22-39-19-18-38-9)27(35)41-28(2,3)4/h12-15,23H,16-22H2,1-11H3. The molecule has 13 heteroatoms. The molecule has 0 spiro atoms. The zero-order chi connectivity index (χ0) is 32.9. The number of hydrogen-bond donors (Lipinski definition) is 0. The van der Waals surface area contributed by atoms with Crippen molar-refractivity contribution in [3.63, 3.8) is 0 Å². The van der Waals surface area contributed by atoms with E-state index >= 15 is 4.39 Å². The van der Waals surface area contributed by atoms with E-state index in [4.69, 9.17) is 23.6 Å². The number of ether oxygens (including phenoxy) is 3. The van der Waals surface area contributed by atoms with Crippen LogP contribution in [0.2, 0.25) is 18.1 Å². The third kappa shape index (κ3) is 9.97. The van der Waals surface area contributed by atoms with Crippen molar-refractivity contribution in [2.24, 2.45) is 10.9 Å². The second kappa shape index (κ2) is 14.4. The van der Waals surface area contributed by atoms with Gasteiger partial charge in [0.2, 0.25) is 16.0 Å². The first kappa shape index (κ1) is 37.1. The number of hydrogen-bond acceptors (Lipinski definition) is 8. The Kier molecular flexibility index (Phi) is 12.4. The topological polar surface area (TPSA) is 107 Å². The van der Waals surface area contributed by atoms with Crippen molar-refractivity contribution in [1.82, 2.24) is 9.21 Å². The monoisotopic (exact) mass is 645 g/mol. The first-order valence-corrected chi connectivity index (χ1v) is 19.2. The van der Waals surface area contributed by atoms with Gasteiger partial charge in [-0.15, -0.1) is 0 Å². The van der Waals surface area contributed by atoms with Gasteiger partial charge in [-0.3, -0.25) is 0 Å². The number of nitrogens with zero attached hydrogens (tertiary/aromatic N) is 3. The highest BCUT2D eigenvalue weighted by atomic mass is 32.2. The maximum absolute atomic E-state index is 15.5. The van der Waals surface area contributed by atoms with E-state index in [1.54, 1.807) is 39.0 Å². The van der Waals surface area contributed by atoms with Gasteiger partial charge in [0.1, 0.15) is 23.7 Å². The molecule has 0 radical (unpaired) electrons. The van der Waals surface area contributed by atoms with Crippen LogP contribution >= 0.6 is 0 Å². The van der Waals surface area contributed by atoms with E-state index in [9.17, 15) is 13.2 Å². The highest BCUT2D eigenvalue weighted by Crippen LogP contribution is 2.41. The molecular formula is C30H52FN3O7SSi. The molecule has 10 nitrogen and oxygen atoms in total. The molecule has 1 amide bonds. The SMILES string of the molecule is COCCOCN(C(=O)OC(C)(C)C)C1=NC(CCC(C)CO[Si](C)(C)C(C)(C)C)(c2ccccc2F)CS(=O)(=O)N1C. The predicted molar refractivity (Wildman–Crippen MR) is 169 cm³/mol. The van der Waals surface area contributed by atoms with Crippen LogP contribution in [0, 0.1) is 11.7 Å². The Hall–Kier alpha value is -2.06. The largest absolute Gasteiger partial charge is 0.443 e. The lowest BCUT2D eigenvalue weighted by molar-refractivity contribution is -0.00419. The molecule has 2 unspecified atom stereocenters. The summed E-state index contributed by atoms with van der Waals surface area (Å²) in [7, 11) is -3.23. The van der Waals surface area contributed by atoms with E-state index in [0.29, 0.717) is 13.0 Å². The number of methoxy groups -OCH3 is 1. The Morgan fingerprint density at radius 1 is 1.16 bits per heavy atom. The van der Waals surface area contributed by atoms with E-state index in [-0.39, 0.29) is 48.8 Å². The summed E-state index contributed by atoms with van der Waals surface area (Å²) in [4.78, 5) is 19.4. The van der Waals surface area contributed by atoms with Gasteiger partial charge < -0.3 is 18.6 Å². The molecule has 2 atom stereocenters. The van der Waals surface area contributed by atoms with Crippen LogP contribution in [0.4, 0.5) is 9.18 Å². The molecule has 0 fully saturated rings. The summed E-state index contributed by atoms with van der Waals surface area (Å²) in [5.74, 6) is -1.20. The maximum Gasteiger partial charge on any atom is 0.419 e. The van der Waals surface area contributed by atoms with Gasteiger partial charge in [0.25, 0.3) is 0 Å². The Bertz CT molecular complexity index is 1230. The number of carbonyl (C=O) groups excluding carboxylic acids is 1. The van der Waals surface area contributed by atoms with E-state index in [1.807, 2.05) is 6.92 Å². The molecule has 0 N–H and O–H groups in total. The molecule has 1 aromatic carbocycles. The average molecular weight is 646 g/mol. The number of aliphatic imine (C=N–C) groups is 1. The Morgan fingerprint density at radius 2 is 1.79 bits per heavy atom. The lowest BCUT2D eigenvalue weighted by Gasteiger charge is -2.41. The smallest absolute Gasteiger partial charge is 0.419 e. The normalized spacial score (nSPS) is 20.0. The summed E-state index contributed by atoms with van der Waals surface area (Å²) >= 11 is 0. The third-order valence-electron chi connectivity index (χ3n) is 7.90. The molecule has 0 saturated carbocycles. The minimum Gasteiger partial charge on any atom is -0.443 e. The third-order valence-corrected chi connectivity index (χ3v) is 14.2. The van der Waals surface area contributed by atoms with Crippen molar-refractivity contribution in [2.75, 3.05) is 46.5 Å². The summed E-state index contributed by atoms with van der Waals surface area (Å²) < 4.78 is 66.6. The first-order valence-electron chi connectivity index (χ1n) is 14.7. The predicted octanol–water partition coefficient (Wildman–Crippen LogP) is 5.95. The summed E-state index contributed by atoms with van der Waals surface area (Å²) in [5.41, 5.74) is -2.24. The number of halogens is 1. The zero-order valence-corrected chi connectivity index (χ0v) is 29.6. The minimum atomic E-state index is -4.06. The van der Waals surface area contributed by atoms with E-state index in [1.165, 1.54) is 20.2 Å². The lowest BCUT2D eigenvalue weighted by atomic mass is 9.85. The summed E-state index contributed by atoms with van der Waals surface area (Å²) in [6, 6.07) is 6.05. The minimum absolute atomic E-state index is 0.0399. The summed E-state index contributed by atoms with van der Waals surface area (Å²) in [6.45, 7) is 18.6. The highest BCUT2D eigenvalue weighted by Gasteiger charge is 2.48. The van der Waals surface area contributed by atoms with Crippen molar-refractivity contribution in [3.8, 4) is 0 Å². The van der Waals surface area contributed by atoms with Crippen LogP contribution in [-0.2, 0) is 34.2 Å². The molecule has 1 heterocycles. The number of benzene rings is 1. The molecule has 1 aliphatic rings. The van der Waals surface area contributed by atoms with Crippen LogP contribution in [-0.4, -0.2) is 90.1 Å². The van der Waals surface area contributed by atoms with Crippen molar-refractivity contribution in [2.45, 2.75) is 90.6 Å². The molecule has 0 aliphatic carbocycles. The second-order valence-electron chi connectivity index (χ2n) is 13.8. The van der Waals surface area contributed by atoms with Gasteiger partial charge in [-0.05, 0) is 63.7 Å². The quantitative estimate of drug-likeness (QED) is 0.157. The number of guanidine groups is 1. The van der Waals surface area contributed by atoms with Crippen LogP contribution in [0.25, 0.3) is 0 Å². The van der Waals surface area contributed by atoms with Gasteiger partial charge in [0, 0.05) is 26.3 Å².